The topological polar surface area (TPSA) is 77.9 Å². The molecule has 0 spiro atoms. The summed E-state index contributed by atoms with van der Waals surface area (Å²) < 4.78 is 0. The first-order valence-electron chi connectivity index (χ1n) is 5.76. The summed E-state index contributed by atoms with van der Waals surface area (Å²) in [4.78, 5) is 14.7. The standard InChI is InChI=1S/C12H14N4O/c13-16-15-11-8-4-3-7-10(11)14-12(17)9-5-1-2-6-9/h3-4,7-9H,1-2,5-6H2,(H,14,17). The summed E-state index contributed by atoms with van der Waals surface area (Å²) in [6, 6.07) is 7.01. The molecular weight excluding hydrogens is 216 g/mol. The molecule has 0 saturated heterocycles. The first-order valence-corrected chi connectivity index (χ1v) is 5.76. The Morgan fingerprint density at radius 2 is 2.06 bits per heavy atom. The van der Waals surface area contributed by atoms with Crippen molar-refractivity contribution in [2.45, 2.75) is 25.7 Å². The summed E-state index contributed by atoms with van der Waals surface area (Å²) in [5.74, 6) is 0.136. The molecule has 17 heavy (non-hydrogen) atoms. The molecule has 1 amide bonds. The van der Waals surface area contributed by atoms with Crippen LogP contribution in [0.4, 0.5) is 11.4 Å². The van der Waals surface area contributed by atoms with Gasteiger partial charge in [-0.05, 0) is 24.4 Å². The molecule has 0 atom stereocenters. The van der Waals surface area contributed by atoms with Crippen LogP contribution >= 0.6 is 0 Å². The first kappa shape index (κ1) is 11.5. The number of carbonyl (C=O) groups excluding carboxylic acids is 1. The molecule has 0 radical (unpaired) electrons. The van der Waals surface area contributed by atoms with Crippen molar-refractivity contribution in [2.24, 2.45) is 11.0 Å². The van der Waals surface area contributed by atoms with Crippen molar-refractivity contribution < 1.29 is 4.79 Å². The van der Waals surface area contributed by atoms with Gasteiger partial charge in [-0.3, -0.25) is 4.79 Å². The van der Waals surface area contributed by atoms with Crippen molar-refractivity contribution in [3.63, 3.8) is 0 Å². The molecule has 5 nitrogen and oxygen atoms in total. The number of hydrogen-bond donors (Lipinski definition) is 1. The molecule has 88 valence electrons. The maximum atomic E-state index is 11.9. The zero-order valence-electron chi connectivity index (χ0n) is 9.47. The number of nitrogens with one attached hydrogen (secondary N) is 1. The molecule has 1 N–H and O–H groups in total. The summed E-state index contributed by atoms with van der Waals surface area (Å²) in [7, 11) is 0. The summed E-state index contributed by atoms with van der Waals surface area (Å²) in [5, 5.41) is 6.39. The molecule has 1 fully saturated rings. The van der Waals surface area contributed by atoms with Crippen molar-refractivity contribution in [3.8, 4) is 0 Å². The van der Waals surface area contributed by atoms with E-state index in [0.717, 1.165) is 25.7 Å². The number of rotatable bonds is 3. The van der Waals surface area contributed by atoms with Gasteiger partial charge in [0.05, 0.1) is 11.4 Å². The zero-order chi connectivity index (χ0) is 12.1. The lowest BCUT2D eigenvalue weighted by molar-refractivity contribution is -0.119. The Morgan fingerprint density at radius 1 is 1.35 bits per heavy atom. The molecule has 0 unspecified atom stereocenters. The van der Waals surface area contributed by atoms with Crippen LogP contribution in [0.1, 0.15) is 25.7 Å². The first-order chi connectivity index (χ1) is 8.31. The van der Waals surface area contributed by atoms with E-state index in [1.807, 2.05) is 0 Å². The Bertz CT molecular complexity index is 459. The lowest BCUT2D eigenvalue weighted by Crippen LogP contribution is -2.20. The number of nitrogens with zero attached hydrogens (tertiary/aromatic N) is 3. The average Bonchev–Trinajstić information content (AvgIpc) is 2.85. The van der Waals surface area contributed by atoms with Gasteiger partial charge in [0.15, 0.2) is 0 Å². The highest BCUT2D eigenvalue weighted by Crippen LogP contribution is 2.29. The fraction of sp³-hybridized carbons (Fsp3) is 0.417. The molecule has 0 aromatic heterocycles. The van der Waals surface area contributed by atoms with Crippen LogP contribution in [0.3, 0.4) is 0 Å². The molecule has 5 heteroatoms. The van der Waals surface area contributed by atoms with E-state index in [1.54, 1.807) is 24.3 Å². The van der Waals surface area contributed by atoms with Gasteiger partial charge in [-0.2, -0.15) is 0 Å². The highest BCUT2D eigenvalue weighted by Gasteiger charge is 2.22. The van der Waals surface area contributed by atoms with Gasteiger partial charge in [-0.15, -0.1) is 0 Å². The second kappa shape index (κ2) is 5.37. The number of para-hydroxylation sites is 1. The van der Waals surface area contributed by atoms with E-state index in [4.69, 9.17) is 5.53 Å². The molecule has 0 aliphatic heterocycles. The molecule has 2 rings (SSSR count). The number of azide groups is 1. The molecule has 1 aromatic carbocycles. The van der Waals surface area contributed by atoms with Crippen LogP contribution in [0, 0.1) is 5.92 Å². The third-order valence-electron chi connectivity index (χ3n) is 3.04. The maximum Gasteiger partial charge on any atom is 0.227 e. The highest BCUT2D eigenvalue weighted by molar-refractivity contribution is 5.95. The smallest absolute Gasteiger partial charge is 0.227 e. The minimum absolute atomic E-state index is 0.0306. The molecule has 0 heterocycles. The fourth-order valence-corrected chi connectivity index (χ4v) is 2.14. The zero-order valence-corrected chi connectivity index (χ0v) is 9.47. The van der Waals surface area contributed by atoms with Crippen LogP contribution in [0.2, 0.25) is 0 Å². The summed E-state index contributed by atoms with van der Waals surface area (Å²) in [6.07, 6.45) is 4.15. The van der Waals surface area contributed by atoms with E-state index in [2.05, 4.69) is 15.3 Å². The number of hydrogen-bond acceptors (Lipinski definition) is 2. The lowest BCUT2D eigenvalue weighted by atomic mass is 10.1. The van der Waals surface area contributed by atoms with Crippen LogP contribution in [0.15, 0.2) is 29.4 Å². The Balaban J connectivity index is 2.12. The number of amides is 1. The average molecular weight is 230 g/mol. The quantitative estimate of drug-likeness (QED) is 0.479. The Hall–Kier alpha value is -2.00. The van der Waals surface area contributed by atoms with Crippen LogP contribution in [0.5, 0.6) is 0 Å². The Labute approximate surface area is 99.5 Å². The van der Waals surface area contributed by atoms with E-state index < -0.39 is 0 Å². The van der Waals surface area contributed by atoms with Gasteiger partial charge < -0.3 is 5.32 Å². The van der Waals surface area contributed by atoms with Crippen molar-refractivity contribution in [1.29, 1.82) is 0 Å². The fourth-order valence-electron chi connectivity index (χ4n) is 2.14. The highest BCUT2D eigenvalue weighted by atomic mass is 16.1. The van der Waals surface area contributed by atoms with Crippen molar-refractivity contribution in [3.05, 3.63) is 34.7 Å². The second-order valence-electron chi connectivity index (χ2n) is 4.18. The van der Waals surface area contributed by atoms with Crippen LogP contribution in [0.25, 0.3) is 10.4 Å². The second-order valence-corrected chi connectivity index (χ2v) is 4.18. The minimum Gasteiger partial charge on any atom is -0.325 e. The molecule has 1 saturated carbocycles. The Morgan fingerprint density at radius 3 is 2.76 bits per heavy atom. The number of anilines is 1. The van der Waals surface area contributed by atoms with Gasteiger partial charge in [0.2, 0.25) is 5.91 Å². The maximum absolute atomic E-state index is 11.9. The summed E-state index contributed by atoms with van der Waals surface area (Å²) in [5.41, 5.74) is 9.48. The van der Waals surface area contributed by atoms with E-state index >= 15 is 0 Å². The molecule has 1 aromatic rings. The van der Waals surface area contributed by atoms with Gasteiger partial charge >= 0.3 is 0 Å². The van der Waals surface area contributed by atoms with Crippen molar-refractivity contribution in [2.75, 3.05) is 5.32 Å². The predicted octanol–water partition coefficient (Wildman–Crippen LogP) is 3.76. The van der Waals surface area contributed by atoms with Crippen LogP contribution in [-0.4, -0.2) is 5.91 Å². The van der Waals surface area contributed by atoms with Gasteiger partial charge in [0.1, 0.15) is 0 Å². The van der Waals surface area contributed by atoms with E-state index in [-0.39, 0.29) is 11.8 Å². The van der Waals surface area contributed by atoms with Gasteiger partial charge in [0, 0.05) is 10.8 Å². The van der Waals surface area contributed by atoms with E-state index in [1.165, 1.54) is 0 Å². The monoisotopic (exact) mass is 230 g/mol. The predicted molar refractivity (Wildman–Crippen MR) is 65.8 cm³/mol. The third kappa shape index (κ3) is 2.77. The number of benzene rings is 1. The minimum atomic E-state index is 0.0306. The number of carbonyl (C=O) groups is 1. The molecular formula is C12H14N4O. The Kier molecular flexibility index (Phi) is 3.62. The van der Waals surface area contributed by atoms with Gasteiger partial charge in [0.25, 0.3) is 0 Å². The van der Waals surface area contributed by atoms with Crippen LogP contribution < -0.4 is 5.32 Å². The SMILES string of the molecule is [N-]=[N+]=Nc1ccccc1NC(=O)C1CCCC1. The largest absolute Gasteiger partial charge is 0.325 e. The van der Waals surface area contributed by atoms with Gasteiger partial charge in [-0.25, -0.2) is 0 Å². The molecule has 1 aliphatic rings. The van der Waals surface area contributed by atoms with Crippen molar-refractivity contribution >= 4 is 17.3 Å². The molecule has 1 aliphatic carbocycles. The third-order valence-corrected chi connectivity index (χ3v) is 3.04. The summed E-state index contributed by atoms with van der Waals surface area (Å²) >= 11 is 0. The normalized spacial score (nSPS) is 15.3. The van der Waals surface area contributed by atoms with E-state index in [0.29, 0.717) is 11.4 Å². The summed E-state index contributed by atoms with van der Waals surface area (Å²) in [6.45, 7) is 0. The van der Waals surface area contributed by atoms with E-state index in [9.17, 15) is 4.79 Å². The molecule has 0 bridgehead atoms. The van der Waals surface area contributed by atoms with Crippen LogP contribution in [-0.2, 0) is 4.79 Å². The van der Waals surface area contributed by atoms with Crippen molar-refractivity contribution in [1.82, 2.24) is 0 Å². The van der Waals surface area contributed by atoms with Gasteiger partial charge in [-0.1, -0.05) is 36.2 Å². The lowest BCUT2D eigenvalue weighted by Gasteiger charge is -2.11.